The number of carbonyl (C=O) groups excluding carboxylic acids is 1. The van der Waals surface area contributed by atoms with Gasteiger partial charge in [-0.05, 0) is 44.4 Å². The van der Waals surface area contributed by atoms with Gasteiger partial charge in [-0.3, -0.25) is 4.79 Å². The van der Waals surface area contributed by atoms with E-state index in [1.54, 1.807) is 7.11 Å². The molecule has 3 nitrogen and oxygen atoms in total. The molecule has 1 aromatic carbocycles. The highest BCUT2D eigenvalue weighted by Crippen LogP contribution is 2.38. The minimum Gasteiger partial charge on any atom is -0.497 e. The maximum atomic E-state index is 12.8. The van der Waals surface area contributed by atoms with E-state index in [2.05, 4.69) is 6.92 Å². The number of piperidine rings is 1. The summed E-state index contributed by atoms with van der Waals surface area (Å²) in [5.41, 5.74) is 0. The van der Waals surface area contributed by atoms with Crippen molar-refractivity contribution >= 4 is 38.9 Å². The van der Waals surface area contributed by atoms with Crippen molar-refractivity contribution in [2.24, 2.45) is 0 Å². The van der Waals surface area contributed by atoms with Crippen LogP contribution >= 0.6 is 22.9 Å². The van der Waals surface area contributed by atoms with Gasteiger partial charge in [-0.2, -0.15) is 0 Å². The number of rotatable bonds is 2. The Morgan fingerprint density at radius 1 is 1.43 bits per heavy atom. The van der Waals surface area contributed by atoms with Crippen LogP contribution in [0.4, 0.5) is 0 Å². The van der Waals surface area contributed by atoms with Crippen LogP contribution in [0.25, 0.3) is 10.1 Å². The van der Waals surface area contributed by atoms with Crippen molar-refractivity contribution in [3.05, 3.63) is 28.1 Å². The van der Waals surface area contributed by atoms with Crippen LogP contribution < -0.4 is 4.74 Å². The van der Waals surface area contributed by atoms with Crippen molar-refractivity contribution < 1.29 is 9.53 Å². The van der Waals surface area contributed by atoms with Crippen LogP contribution in [0.2, 0.25) is 5.02 Å². The van der Waals surface area contributed by atoms with Gasteiger partial charge in [-0.15, -0.1) is 11.3 Å². The third kappa shape index (κ3) is 2.62. The van der Waals surface area contributed by atoms with Gasteiger partial charge in [0.2, 0.25) is 0 Å². The van der Waals surface area contributed by atoms with Crippen LogP contribution in [-0.2, 0) is 0 Å². The van der Waals surface area contributed by atoms with Gasteiger partial charge < -0.3 is 9.64 Å². The van der Waals surface area contributed by atoms with Gasteiger partial charge in [-0.25, -0.2) is 0 Å². The monoisotopic (exact) mass is 323 g/mol. The molecule has 2 heterocycles. The first-order valence-corrected chi connectivity index (χ1v) is 8.38. The normalized spacial score (nSPS) is 19.0. The number of carbonyl (C=O) groups is 1. The van der Waals surface area contributed by atoms with Crippen molar-refractivity contribution in [3.8, 4) is 5.75 Å². The van der Waals surface area contributed by atoms with Crippen molar-refractivity contribution in [2.75, 3.05) is 13.7 Å². The summed E-state index contributed by atoms with van der Waals surface area (Å²) in [6, 6.07) is 6.02. The molecule has 0 unspecified atom stereocenters. The number of likely N-dealkylation sites (tertiary alicyclic amines) is 1. The SMILES string of the molecule is COc1ccc2c(Cl)c(C(=O)N3CCCC[C@H]3C)sc2c1. The zero-order chi connectivity index (χ0) is 15.0. The van der Waals surface area contributed by atoms with E-state index >= 15 is 0 Å². The van der Waals surface area contributed by atoms with E-state index in [9.17, 15) is 4.79 Å². The summed E-state index contributed by atoms with van der Waals surface area (Å²) in [5, 5.41) is 1.50. The number of benzene rings is 1. The number of halogens is 1. The topological polar surface area (TPSA) is 29.5 Å². The van der Waals surface area contributed by atoms with Gasteiger partial charge in [-0.1, -0.05) is 11.6 Å². The van der Waals surface area contributed by atoms with Gasteiger partial charge in [0, 0.05) is 22.7 Å². The second kappa shape index (κ2) is 5.85. The Kier molecular flexibility index (Phi) is 4.09. The highest BCUT2D eigenvalue weighted by atomic mass is 35.5. The molecule has 0 bridgehead atoms. The summed E-state index contributed by atoms with van der Waals surface area (Å²) in [6.45, 7) is 2.94. The van der Waals surface area contributed by atoms with E-state index in [-0.39, 0.29) is 5.91 Å². The van der Waals surface area contributed by atoms with Gasteiger partial charge in [0.05, 0.1) is 12.1 Å². The number of fused-ring (bicyclic) bond motifs is 1. The maximum Gasteiger partial charge on any atom is 0.265 e. The molecule has 1 amide bonds. The van der Waals surface area contributed by atoms with E-state index in [0.717, 1.165) is 35.2 Å². The molecule has 112 valence electrons. The van der Waals surface area contributed by atoms with Crippen LogP contribution in [0.15, 0.2) is 18.2 Å². The molecule has 0 radical (unpaired) electrons. The molecule has 0 saturated carbocycles. The Morgan fingerprint density at radius 3 is 2.95 bits per heavy atom. The fraction of sp³-hybridized carbons (Fsp3) is 0.438. The fourth-order valence-corrected chi connectivity index (χ4v) is 4.34. The third-order valence-corrected chi connectivity index (χ3v) is 5.74. The van der Waals surface area contributed by atoms with Gasteiger partial charge in [0.15, 0.2) is 0 Å². The zero-order valence-electron chi connectivity index (χ0n) is 12.2. The van der Waals surface area contributed by atoms with E-state index < -0.39 is 0 Å². The molecule has 0 spiro atoms. The van der Waals surface area contributed by atoms with E-state index in [0.29, 0.717) is 15.9 Å². The molecule has 2 aromatic rings. The number of amides is 1. The highest BCUT2D eigenvalue weighted by molar-refractivity contribution is 7.21. The maximum absolute atomic E-state index is 12.8. The summed E-state index contributed by atoms with van der Waals surface area (Å²) < 4.78 is 6.23. The second-order valence-electron chi connectivity index (χ2n) is 5.45. The molecule has 1 aliphatic rings. The summed E-state index contributed by atoms with van der Waals surface area (Å²) in [5.74, 6) is 0.845. The molecule has 0 aliphatic carbocycles. The van der Waals surface area contributed by atoms with E-state index in [1.807, 2.05) is 23.1 Å². The quantitative estimate of drug-likeness (QED) is 0.809. The summed E-state index contributed by atoms with van der Waals surface area (Å²) in [4.78, 5) is 15.4. The average Bonchev–Trinajstić information content (AvgIpc) is 2.83. The standard InChI is InChI=1S/C16H18ClNO2S/c1-10-5-3-4-8-18(10)16(19)15-14(17)12-7-6-11(20-2)9-13(12)21-15/h6-7,9-10H,3-5,8H2,1-2H3/t10-/m1/s1. The van der Waals surface area contributed by atoms with Crippen LogP contribution in [0.1, 0.15) is 35.9 Å². The summed E-state index contributed by atoms with van der Waals surface area (Å²) in [7, 11) is 1.64. The van der Waals surface area contributed by atoms with Gasteiger partial charge in [0.1, 0.15) is 10.6 Å². The molecular formula is C16H18ClNO2S. The Bertz CT molecular complexity index is 682. The predicted octanol–water partition coefficient (Wildman–Crippen LogP) is 4.58. The molecule has 21 heavy (non-hydrogen) atoms. The van der Waals surface area contributed by atoms with Crippen LogP contribution in [-0.4, -0.2) is 30.5 Å². The lowest BCUT2D eigenvalue weighted by atomic mass is 10.0. The van der Waals surface area contributed by atoms with Crippen molar-refractivity contribution in [2.45, 2.75) is 32.2 Å². The number of thiophene rings is 1. The van der Waals surface area contributed by atoms with Crippen LogP contribution in [0, 0.1) is 0 Å². The first-order valence-electron chi connectivity index (χ1n) is 7.19. The van der Waals surface area contributed by atoms with E-state index in [4.69, 9.17) is 16.3 Å². The largest absolute Gasteiger partial charge is 0.497 e. The Labute approximate surface area is 133 Å². The summed E-state index contributed by atoms with van der Waals surface area (Å²) >= 11 is 7.89. The molecule has 1 atom stereocenters. The number of hydrogen-bond donors (Lipinski definition) is 0. The van der Waals surface area contributed by atoms with E-state index in [1.165, 1.54) is 17.8 Å². The Balaban J connectivity index is 1.99. The third-order valence-electron chi connectivity index (χ3n) is 4.09. The number of nitrogens with zero attached hydrogens (tertiary/aromatic N) is 1. The average molecular weight is 324 g/mol. The first kappa shape index (κ1) is 14.7. The number of methoxy groups -OCH3 is 1. The molecule has 0 N–H and O–H groups in total. The minimum absolute atomic E-state index is 0.0624. The Morgan fingerprint density at radius 2 is 2.24 bits per heavy atom. The minimum atomic E-state index is 0.0624. The van der Waals surface area contributed by atoms with Crippen molar-refractivity contribution in [1.29, 1.82) is 0 Å². The predicted molar refractivity (Wildman–Crippen MR) is 87.7 cm³/mol. The Hall–Kier alpha value is -1.26. The van der Waals surface area contributed by atoms with Crippen molar-refractivity contribution in [1.82, 2.24) is 4.90 Å². The smallest absolute Gasteiger partial charge is 0.265 e. The molecule has 1 aromatic heterocycles. The lowest BCUT2D eigenvalue weighted by Gasteiger charge is -2.33. The molecule has 1 fully saturated rings. The van der Waals surface area contributed by atoms with Gasteiger partial charge in [0.25, 0.3) is 5.91 Å². The second-order valence-corrected chi connectivity index (χ2v) is 6.88. The molecular weight excluding hydrogens is 306 g/mol. The molecule has 1 aliphatic heterocycles. The lowest BCUT2D eigenvalue weighted by molar-refractivity contribution is 0.0641. The van der Waals surface area contributed by atoms with Crippen molar-refractivity contribution in [3.63, 3.8) is 0 Å². The fourth-order valence-electron chi connectivity index (χ4n) is 2.84. The molecule has 5 heteroatoms. The highest BCUT2D eigenvalue weighted by Gasteiger charge is 2.27. The lowest BCUT2D eigenvalue weighted by Crippen LogP contribution is -2.41. The molecule has 3 rings (SSSR count). The first-order chi connectivity index (χ1) is 10.1. The summed E-state index contributed by atoms with van der Waals surface area (Å²) in [6.07, 6.45) is 3.34. The molecule has 1 saturated heterocycles. The zero-order valence-corrected chi connectivity index (χ0v) is 13.8. The number of hydrogen-bond acceptors (Lipinski definition) is 3. The number of ether oxygens (including phenoxy) is 1. The van der Waals surface area contributed by atoms with Gasteiger partial charge >= 0.3 is 0 Å². The van der Waals surface area contributed by atoms with Crippen LogP contribution in [0.5, 0.6) is 5.75 Å². The van der Waals surface area contributed by atoms with Crippen LogP contribution in [0.3, 0.4) is 0 Å².